The molecule has 0 aliphatic heterocycles. The van der Waals surface area contributed by atoms with Crippen LogP contribution in [0, 0.1) is 23.7 Å². The van der Waals surface area contributed by atoms with Gasteiger partial charge in [-0.2, -0.15) is 0 Å². The first-order valence-corrected chi connectivity index (χ1v) is 4.50. The predicted molar refractivity (Wildman–Crippen MR) is 44.1 cm³/mol. The number of hydrogen-bond donors (Lipinski definition) is 0. The normalized spacial score (nSPS) is 46.6. The van der Waals surface area contributed by atoms with E-state index in [1.807, 2.05) is 0 Å². The molecular formula is C10H14O. The standard InChI is InChI=1S/C10H14O/c1-2-9-7-3-4-8(5-7)10(9)6-11/h3-4,6-10H,2,5H2,1H3. The number of carbonyl (C=O) groups excluding carboxylic acids is 1. The van der Waals surface area contributed by atoms with Crippen LogP contribution in [-0.2, 0) is 4.79 Å². The summed E-state index contributed by atoms with van der Waals surface area (Å²) in [6.45, 7) is 2.19. The molecule has 0 aromatic heterocycles. The maximum absolute atomic E-state index is 10.7. The lowest BCUT2D eigenvalue weighted by atomic mass is 9.82. The fourth-order valence-electron chi connectivity index (χ4n) is 2.74. The van der Waals surface area contributed by atoms with Crippen LogP contribution < -0.4 is 0 Å². The topological polar surface area (TPSA) is 17.1 Å². The molecule has 0 aromatic carbocycles. The van der Waals surface area contributed by atoms with Crippen LogP contribution in [0.2, 0.25) is 0 Å². The molecule has 4 unspecified atom stereocenters. The molecule has 2 bridgehead atoms. The molecule has 1 heteroatoms. The van der Waals surface area contributed by atoms with Gasteiger partial charge in [0, 0.05) is 5.92 Å². The molecule has 1 nitrogen and oxygen atoms in total. The van der Waals surface area contributed by atoms with Crippen LogP contribution in [-0.4, -0.2) is 6.29 Å². The molecule has 2 rings (SSSR count). The quantitative estimate of drug-likeness (QED) is 0.435. The molecule has 0 saturated heterocycles. The molecule has 0 heterocycles. The van der Waals surface area contributed by atoms with E-state index in [0.29, 0.717) is 17.8 Å². The van der Waals surface area contributed by atoms with Crippen LogP contribution >= 0.6 is 0 Å². The second kappa shape index (κ2) is 2.47. The largest absolute Gasteiger partial charge is 0.303 e. The average Bonchev–Trinajstić information content (AvgIpc) is 2.60. The van der Waals surface area contributed by atoms with Gasteiger partial charge in [0.2, 0.25) is 0 Å². The summed E-state index contributed by atoms with van der Waals surface area (Å²) in [4.78, 5) is 10.7. The molecule has 60 valence electrons. The summed E-state index contributed by atoms with van der Waals surface area (Å²) >= 11 is 0. The second-order valence-electron chi connectivity index (χ2n) is 3.73. The predicted octanol–water partition coefficient (Wildman–Crippen LogP) is 2.03. The van der Waals surface area contributed by atoms with Crippen molar-refractivity contribution < 1.29 is 4.79 Å². The average molecular weight is 150 g/mol. The van der Waals surface area contributed by atoms with Crippen LogP contribution in [0.5, 0.6) is 0 Å². The van der Waals surface area contributed by atoms with Gasteiger partial charge < -0.3 is 4.79 Å². The maximum Gasteiger partial charge on any atom is 0.123 e. The Hall–Kier alpha value is -0.590. The van der Waals surface area contributed by atoms with Crippen molar-refractivity contribution >= 4 is 6.29 Å². The van der Waals surface area contributed by atoms with Crippen molar-refractivity contribution in [1.29, 1.82) is 0 Å². The molecule has 0 N–H and O–H groups in total. The van der Waals surface area contributed by atoms with E-state index in [2.05, 4.69) is 19.1 Å². The van der Waals surface area contributed by atoms with Crippen molar-refractivity contribution in [3.63, 3.8) is 0 Å². The van der Waals surface area contributed by atoms with E-state index in [9.17, 15) is 4.79 Å². The first-order chi connectivity index (χ1) is 5.36. The Morgan fingerprint density at radius 2 is 2.18 bits per heavy atom. The molecule has 1 fully saturated rings. The minimum atomic E-state index is 0.343. The van der Waals surface area contributed by atoms with Crippen molar-refractivity contribution in [1.82, 2.24) is 0 Å². The van der Waals surface area contributed by atoms with E-state index < -0.39 is 0 Å². The number of allylic oxidation sites excluding steroid dienone is 2. The van der Waals surface area contributed by atoms with Crippen molar-refractivity contribution in [3.05, 3.63) is 12.2 Å². The molecule has 0 amide bonds. The first-order valence-electron chi connectivity index (χ1n) is 4.50. The van der Waals surface area contributed by atoms with Crippen LogP contribution in [0.1, 0.15) is 19.8 Å². The van der Waals surface area contributed by atoms with Crippen LogP contribution in [0.15, 0.2) is 12.2 Å². The molecule has 0 spiro atoms. The van der Waals surface area contributed by atoms with Gasteiger partial charge in [-0.3, -0.25) is 0 Å². The van der Waals surface area contributed by atoms with Gasteiger partial charge in [-0.05, 0) is 24.2 Å². The van der Waals surface area contributed by atoms with Crippen molar-refractivity contribution in [2.75, 3.05) is 0 Å². The third-order valence-corrected chi connectivity index (χ3v) is 3.32. The lowest BCUT2D eigenvalue weighted by Gasteiger charge is -2.21. The van der Waals surface area contributed by atoms with E-state index >= 15 is 0 Å². The number of hydrogen-bond acceptors (Lipinski definition) is 1. The summed E-state index contributed by atoms with van der Waals surface area (Å²) in [5, 5.41) is 0. The monoisotopic (exact) mass is 150 g/mol. The van der Waals surface area contributed by atoms with Crippen LogP contribution in [0.4, 0.5) is 0 Å². The highest BCUT2D eigenvalue weighted by Gasteiger charge is 2.42. The van der Waals surface area contributed by atoms with Gasteiger partial charge in [0.1, 0.15) is 6.29 Å². The number of rotatable bonds is 2. The summed E-state index contributed by atoms with van der Waals surface area (Å²) < 4.78 is 0. The van der Waals surface area contributed by atoms with Gasteiger partial charge in [-0.25, -0.2) is 0 Å². The van der Waals surface area contributed by atoms with Gasteiger partial charge in [0.15, 0.2) is 0 Å². The third-order valence-electron chi connectivity index (χ3n) is 3.32. The molecule has 11 heavy (non-hydrogen) atoms. The van der Waals surface area contributed by atoms with E-state index in [0.717, 1.165) is 12.3 Å². The highest BCUT2D eigenvalue weighted by molar-refractivity contribution is 5.57. The summed E-state index contributed by atoms with van der Waals surface area (Å²) in [6.07, 6.45) is 8.11. The van der Waals surface area contributed by atoms with Crippen molar-refractivity contribution in [2.24, 2.45) is 23.7 Å². The number of aldehydes is 1. The zero-order chi connectivity index (χ0) is 7.84. The molecule has 1 saturated carbocycles. The summed E-state index contributed by atoms with van der Waals surface area (Å²) in [5.41, 5.74) is 0. The molecule has 0 radical (unpaired) electrons. The van der Waals surface area contributed by atoms with Crippen molar-refractivity contribution in [2.45, 2.75) is 19.8 Å². The maximum atomic E-state index is 10.7. The highest BCUT2D eigenvalue weighted by atomic mass is 16.1. The Balaban J connectivity index is 2.21. The fraction of sp³-hybridized carbons (Fsp3) is 0.700. The lowest BCUT2D eigenvalue weighted by molar-refractivity contribution is -0.113. The van der Waals surface area contributed by atoms with E-state index in [1.165, 1.54) is 12.7 Å². The summed E-state index contributed by atoms with van der Waals surface area (Å²) in [5.74, 6) is 2.31. The van der Waals surface area contributed by atoms with E-state index in [1.54, 1.807) is 0 Å². The van der Waals surface area contributed by atoms with Gasteiger partial charge in [0.05, 0.1) is 0 Å². The molecule has 4 atom stereocenters. The Bertz CT molecular complexity index is 195. The van der Waals surface area contributed by atoms with Crippen LogP contribution in [0.3, 0.4) is 0 Å². The van der Waals surface area contributed by atoms with Crippen LogP contribution in [0.25, 0.3) is 0 Å². The Kier molecular flexibility index (Phi) is 1.59. The fourth-order valence-corrected chi connectivity index (χ4v) is 2.74. The van der Waals surface area contributed by atoms with Crippen molar-refractivity contribution in [3.8, 4) is 0 Å². The SMILES string of the molecule is CCC1C2C=CC(C2)C1C=O. The molecule has 2 aliphatic carbocycles. The molecular weight excluding hydrogens is 136 g/mol. The lowest BCUT2D eigenvalue weighted by Crippen LogP contribution is -2.19. The van der Waals surface area contributed by atoms with E-state index in [4.69, 9.17) is 0 Å². The minimum absolute atomic E-state index is 0.343. The molecule has 2 aliphatic rings. The number of fused-ring (bicyclic) bond motifs is 2. The van der Waals surface area contributed by atoms with Gasteiger partial charge in [-0.1, -0.05) is 25.5 Å². The minimum Gasteiger partial charge on any atom is -0.303 e. The van der Waals surface area contributed by atoms with E-state index in [-0.39, 0.29) is 0 Å². The Morgan fingerprint density at radius 1 is 1.45 bits per heavy atom. The first kappa shape index (κ1) is 7.08. The highest BCUT2D eigenvalue weighted by Crippen LogP contribution is 2.48. The smallest absolute Gasteiger partial charge is 0.123 e. The summed E-state index contributed by atoms with van der Waals surface area (Å²) in [7, 11) is 0. The van der Waals surface area contributed by atoms with Gasteiger partial charge in [-0.15, -0.1) is 0 Å². The van der Waals surface area contributed by atoms with Gasteiger partial charge in [0.25, 0.3) is 0 Å². The number of carbonyl (C=O) groups is 1. The molecule has 0 aromatic rings. The zero-order valence-electron chi connectivity index (χ0n) is 6.86. The third kappa shape index (κ3) is 0.867. The summed E-state index contributed by atoms with van der Waals surface area (Å²) in [6, 6.07) is 0. The Labute approximate surface area is 67.5 Å². The Morgan fingerprint density at radius 3 is 2.73 bits per heavy atom. The second-order valence-corrected chi connectivity index (χ2v) is 3.73. The zero-order valence-corrected chi connectivity index (χ0v) is 6.86. The van der Waals surface area contributed by atoms with Gasteiger partial charge >= 0.3 is 0 Å².